The number of benzene rings is 4. The molecule has 0 aliphatic rings. The van der Waals surface area contributed by atoms with Crippen LogP contribution >= 0.6 is 11.6 Å². The Morgan fingerprint density at radius 2 is 1.44 bits per heavy atom. The maximum Gasteiger partial charge on any atom is 1.00 e. The second-order valence-electron chi connectivity index (χ2n) is 13.0. The molecule has 0 fully saturated rings. The minimum atomic E-state index is -4.55. The third-order valence-corrected chi connectivity index (χ3v) is 10.1. The molecule has 10 nitrogen and oxygen atoms in total. The van der Waals surface area contributed by atoms with Gasteiger partial charge in [-0.3, -0.25) is 4.79 Å². The quantitative estimate of drug-likeness (QED) is 0.0661. The van der Waals surface area contributed by atoms with Crippen molar-refractivity contribution in [2.45, 2.75) is 77.0 Å². The maximum atomic E-state index is 13.1. The summed E-state index contributed by atoms with van der Waals surface area (Å²) in [6.45, 7) is 14.4. The van der Waals surface area contributed by atoms with Gasteiger partial charge in [0.25, 0.3) is 5.91 Å². The molecule has 0 aromatic heterocycles. The monoisotopic (exact) mass is 729 g/mol. The Morgan fingerprint density at radius 3 is 1.98 bits per heavy atom. The molecular formula is C37H41ClN3NaO7S. The minimum absolute atomic E-state index is 0. The SMILES string of the molecule is CCC(C)(C)c1ccc(OCC(=O)Nc2cc(Oc3ccc(N=Nc4ccc(S(=O)(=O)[O-])cc4)cc3)c(C)c(Cl)c2O)c(C(C)(C)CC)c1.[Na+]. The van der Waals surface area contributed by atoms with Crippen LogP contribution in [0, 0.1) is 6.92 Å². The van der Waals surface area contributed by atoms with Gasteiger partial charge in [0.2, 0.25) is 0 Å². The van der Waals surface area contributed by atoms with Crippen LogP contribution in [0.1, 0.15) is 71.1 Å². The van der Waals surface area contributed by atoms with E-state index in [2.05, 4.69) is 63.2 Å². The minimum Gasteiger partial charge on any atom is -0.744 e. The molecule has 0 atom stereocenters. The molecule has 50 heavy (non-hydrogen) atoms. The Labute approximate surface area is 321 Å². The van der Waals surface area contributed by atoms with Gasteiger partial charge in [-0.25, -0.2) is 8.42 Å². The number of carbonyl (C=O) groups is 1. The number of phenols is 1. The van der Waals surface area contributed by atoms with E-state index in [0.29, 0.717) is 34.2 Å². The van der Waals surface area contributed by atoms with Crippen molar-refractivity contribution in [2.75, 3.05) is 11.9 Å². The smallest absolute Gasteiger partial charge is 0.744 e. The van der Waals surface area contributed by atoms with Crippen LogP contribution in [0.15, 0.2) is 87.9 Å². The van der Waals surface area contributed by atoms with E-state index in [0.717, 1.165) is 18.4 Å². The van der Waals surface area contributed by atoms with Crippen molar-refractivity contribution in [3.63, 3.8) is 0 Å². The van der Waals surface area contributed by atoms with E-state index in [4.69, 9.17) is 21.1 Å². The zero-order valence-corrected chi connectivity index (χ0v) is 33.2. The van der Waals surface area contributed by atoms with E-state index in [1.54, 1.807) is 31.2 Å². The van der Waals surface area contributed by atoms with Crippen LogP contribution in [0.5, 0.6) is 23.0 Å². The van der Waals surface area contributed by atoms with E-state index in [1.807, 2.05) is 12.1 Å². The van der Waals surface area contributed by atoms with Crippen molar-refractivity contribution in [1.82, 2.24) is 0 Å². The predicted octanol–water partition coefficient (Wildman–Crippen LogP) is 6.86. The van der Waals surface area contributed by atoms with Gasteiger partial charge in [-0.05, 0) is 90.8 Å². The number of aromatic hydroxyl groups is 1. The third-order valence-electron chi connectivity index (χ3n) is 8.80. The number of phenolic OH excluding ortho intramolecular Hbond substituents is 1. The molecule has 1 amide bonds. The number of azo groups is 1. The topological polar surface area (TPSA) is 150 Å². The first-order valence-electron chi connectivity index (χ1n) is 15.8. The van der Waals surface area contributed by atoms with Crippen LogP contribution in [0.2, 0.25) is 5.02 Å². The van der Waals surface area contributed by atoms with Crippen molar-refractivity contribution in [3.8, 4) is 23.0 Å². The van der Waals surface area contributed by atoms with Crippen LogP contribution in [0.4, 0.5) is 17.1 Å². The predicted molar refractivity (Wildman–Crippen MR) is 190 cm³/mol. The van der Waals surface area contributed by atoms with E-state index < -0.39 is 16.0 Å². The second kappa shape index (κ2) is 16.7. The summed E-state index contributed by atoms with van der Waals surface area (Å²) >= 11 is 6.43. The number of amides is 1. The summed E-state index contributed by atoms with van der Waals surface area (Å²) in [7, 11) is -4.55. The molecule has 4 aromatic rings. The van der Waals surface area contributed by atoms with Gasteiger partial charge in [-0.15, -0.1) is 0 Å². The Morgan fingerprint density at radius 1 is 0.880 bits per heavy atom. The number of anilines is 1. The molecule has 0 radical (unpaired) electrons. The molecule has 0 spiro atoms. The van der Waals surface area contributed by atoms with Gasteiger partial charge >= 0.3 is 29.6 Å². The average molecular weight is 730 g/mol. The third kappa shape index (κ3) is 10.1. The normalized spacial score (nSPS) is 12.0. The molecule has 260 valence electrons. The Balaban J connectivity index is 0.00000676. The van der Waals surface area contributed by atoms with Crippen molar-refractivity contribution >= 4 is 44.7 Å². The molecule has 13 heteroatoms. The first-order chi connectivity index (χ1) is 22.9. The van der Waals surface area contributed by atoms with Gasteiger partial charge in [0, 0.05) is 17.2 Å². The molecule has 0 bridgehead atoms. The molecule has 0 aliphatic carbocycles. The number of hydrogen-bond acceptors (Lipinski definition) is 9. The molecule has 0 heterocycles. The molecule has 2 N–H and O–H groups in total. The van der Waals surface area contributed by atoms with Crippen LogP contribution < -0.4 is 44.3 Å². The van der Waals surface area contributed by atoms with Crippen molar-refractivity contribution < 1.29 is 61.9 Å². The van der Waals surface area contributed by atoms with E-state index in [9.17, 15) is 22.9 Å². The zero-order chi connectivity index (χ0) is 36.1. The average Bonchev–Trinajstić information content (AvgIpc) is 3.07. The molecule has 0 saturated carbocycles. The van der Waals surface area contributed by atoms with Gasteiger partial charge in [-0.1, -0.05) is 65.3 Å². The van der Waals surface area contributed by atoms with Crippen LogP contribution in [0.25, 0.3) is 0 Å². The standard InChI is InChI=1S/C37H42ClN3O7S.Na/c1-8-36(4,5)24-10-19-31(29(20-24)37(6,7)9-2)47-22-33(42)39-30-21-32(23(3)34(38)35(30)43)48-27-15-11-25(12-16-27)40-41-26-13-17-28(18-14-26)49(44,45)46;/h10-21,43H,8-9,22H2,1-7H3,(H,39,42)(H,44,45,46);/q;+1/p-1. The molecule has 4 aromatic carbocycles. The van der Waals surface area contributed by atoms with Crippen molar-refractivity contribution in [3.05, 3.63) is 94.5 Å². The largest absolute Gasteiger partial charge is 1.00 e. The second-order valence-corrected chi connectivity index (χ2v) is 14.7. The van der Waals surface area contributed by atoms with Gasteiger partial charge in [0.15, 0.2) is 12.4 Å². The first kappa shape index (κ1) is 41.0. The molecule has 0 unspecified atom stereocenters. The van der Waals surface area contributed by atoms with E-state index in [1.165, 1.54) is 35.9 Å². The molecule has 4 rings (SSSR count). The molecule has 0 saturated heterocycles. The van der Waals surface area contributed by atoms with Gasteiger partial charge in [0.05, 0.1) is 27.0 Å². The van der Waals surface area contributed by atoms with E-state index >= 15 is 0 Å². The number of ether oxygens (including phenoxy) is 2. The van der Waals surface area contributed by atoms with Crippen molar-refractivity contribution in [1.29, 1.82) is 0 Å². The summed E-state index contributed by atoms with van der Waals surface area (Å²) in [5.41, 5.74) is 3.42. The Bertz CT molecular complexity index is 1960. The van der Waals surface area contributed by atoms with E-state index in [-0.39, 0.29) is 68.3 Å². The number of carbonyl (C=O) groups excluding carboxylic acids is 1. The summed E-state index contributed by atoms with van der Waals surface area (Å²) in [5, 5.41) is 21.6. The fourth-order valence-corrected chi connectivity index (χ4v) is 5.41. The summed E-state index contributed by atoms with van der Waals surface area (Å²) in [6, 6.07) is 19.3. The Hall–Kier alpha value is -3.45. The van der Waals surface area contributed by atoms with Crippen LogP contribution in [0.3, 0.4) is 0 Å². The van der Waals surface area contributed by atoms with Crippen LogP contribution in [-0.2, 0) is 25.7 Å². The summed E-state index contributed by atoms with van der Waals surface area (Å²) in [5.74, 6) is 0.579. The zero-order valence-electron chi connectivity index (χ0n) is 29.6. The molecular weight excluding hydrogens is 689 g/mol. The Kier molecular flexibility index (Phi) is 13.7. The number of halogens is 1. The number of hydrogen-bond donors (Lipinski definition) is 2. The number of rotatable bonds is 13. The van der Waals surface area contributed by atoms with Crippen molar-refractivity contribution in [2.24, 2.45) is 10.2 Å². The number of nitrogens with one attached hydrogen (secondary N) is 1. The van der Waals surface area contributed by atoms with Gasteiger partial charge in [-0.2, -0.15) is 10.2 Å². The summed E-state index contributed by atoms with van der Waals surface area (Å²) in [4.78, 5) is 12.7. The fourth-order valence-electron chi connectivity index (χ4n) is 4.75. The first-order valence-corrected chi connectivity index (χ1v) is 17.6. The summed E-state index contributed by atoms with van der Waals surface area (Å²) < 4.78 is 45.4. The molecule has 0 aliphatic heterocycles. The van der Waals surface area contributed by atoms with Crippen LogP contribution in [-0.4, -0.2) is 30.6 Å². The summed E-state index contributed by atoms with van der Waals surface area (Å²) in [6.07, 6.45) is 1.86. The maximum absolute atomic E-state index is 13.1. The number of nitrogens with zero attached hydrogens (tertiary/aromatic N) is 2. The van der Waals surface area contributed by atoms with Gasteiger partial charge in [0.1, 0.15) is 27.4 Å². The fraction of sp³-hybridized carbons (Fsp3) is 0.324. The van der Waals surface area contributed by atoms with Gasteiger partial charge < -0.3 is 24.4 Å².